The Kier molecular flexibility index (Phi) is 6.13. The molecule has 2 aromatic carbocycles. The third kappa shape index (κ3) is 4.76. The van der Waals surface area contributed by atoms with Gasteiger partial charge in [0.25, 0.3) is 17.4 Å². The molecule has 0 saturated heterocycles. The molecule has 2 heterocycles. The number of nitrogens with one attached hydrogen (secondary N) is 2. The minimum absolute atomic E-state index is 0.0792. The van der Waals surface area contributed by atoms with Crippen molar-refractivity contribution in [1.82, 2.24) is 9.78 Å². The molecule has 0 unspecified atom stereocenters. The summed E-state index contributed by atoms with van der Waals surface area (Å²) in [6, 6.07) is 14.2. The molecule has 0 fully saturated rings. The topological polar surface area (TPSA) is 121 Å². The number of hydrogen-bond acceptors (Lipinski definition) is 7. The van der Waals surface area contributed by atoms with Crippen molar-refractivity contribution < 1.29 is 23.8 Å². The molecular weight excluding hydrogens is 416 g/mol. The summed E-state index contributed by atoms with van der Waals surface area (Å²) in [4.78, 5) is 37.0. The number of ether oxygens (including phenoxy) is 3. The molecule has 1 aliphatic rings. The molecule has 32 heavy (non-hydrogen) atoms. The lowest BCUT2D eigenvalue weighted by Crippen LogP contribution is -2.27. The predicted molar refractivity (Wildman–Crippen MR) is 115 cm³/mol. The SMILES string of the molecule is COCCn1nc(C(=O)Nc2cccc(NC(=O)c3ccc4c(c3)OCO4)c2)ccc1=O. The van der Waals surface area contributed by atoms with Crippen molar-refractivity contribution in [3.8, 4) is 11.5 Å². The van der Waals surface area contributed by atoms with Crippen LogP contribution >= 0.6 is 0 Å². The maximum Gasteiger partial charge on any atom is 0.276 e. The molecule has 2 N–H and O–H groups in total. The summed E-state index contributed by atoms with van der Waals surface area (Å²) >= 11 is 0. The van der Waals surface area contributed by atoms with Crippen molar-refractivity contribution in [2.24, 2.45) is 0 Å². The Morgan fingerprint density at radius 1 is 1.00 bits per heavy atom. The summed E-state index contributed by atoms with van der Waals surface area (Å²) in [6.45, 7) is 0.655. The number of carbonyl (C=O) groups is 2. The Morgan fingerprint density at radius 2 is 1.75 bits per heavy atom. The number of carbonyl (C=O) groups excluding carboxylic acids is 2. The molecule has 0 spiro atoms. The summed E-state index contributed by atoms with van der Waals surface area (Å²) in [6.07, 6.45) is 0. The first kappa shape index (κ1) is 21.1. The first-order chi connectivity index (χ1) is 15.5. The second-order valence-corrected chi connectivity index (χ2v) is 6.83. The smallest absolute Gasteiger partial charge is 0.276 e. The molecule has 0 aliphatic carbocycles. The third-order valence-electron chi connectivity index (χ3n) is 4.62. The first-order valence-electron chi connectivity index (χ1n) is 9.73. The number of benzene rings is 2. The number of hydrogen-bond donors (Lipinski definition) is 2. The Balaban J connectivity index is 1.44. The first-order valence-corrected chi connectivity index (χ1v) is 9.73. The Hall–Kier alpha value is -4.18. The highest BCUT2D eigenvalue weighted by Gasteiger charge is 2.16. The Morgan fingerprint density at radius 3 is 2.53 bits per heavy atom. The van der Waals surface area contributed by atoms with Crippen LogP contribution in [0.3, 0.4) is 0 Å². The van der Waals surface area contributed by atoms with Crippen molar-refractivity contribution in [3.05, 3.63) is 76.2 Å². The zero-order valence-corrected chi connectivity index (χ0v) is 17.2. The maximum absolute atomic E-state index is 12.6. The Bertz CT molecular complexity index is 1220. The molecule has 0 saturated carbocycles. The number of amides is 2. The van der Waals surface area contributed by atoms with E-state index in [1.165, 1.54) is 23.9 Å². The van der Waals surface area contributed by atoms with Gasteiger partial charge in [0.15, 0.2) is 11.5 Å². The minimum atomic E-state index is -0.490. The van der Waals surface area contributed by atoms with Gasteiger partial charge in [-0.3, -0.25) is 14.4 Å². The molecule has 0 atom stereocenters. The largest absolute Gasteiger partial charge is 0.454 e. The van der Waals surface area contributed by atoms with Crippen LogP contribution in [0.4, 0.5) is 11.4 Å². The van der Waals surface area contributed by atoms with E-state index in [4.69, 9.17) is 14.2 Å². The van der Waals surface area contributed by atoms with Crippen LogP contribution in [-0.2, 0) is 11.3 Å². The summed E-state index contributed by atoms with van der Waals surface area (Å²) in [7, 11) is 1.51. The van der Waals surface area contributed by atoms with E-state index in [0.717, 1.165) is 0 Å². The van der Waals surface area contributed by atoms with E-state index in [1.54, 1.807) is 42.5 Å². The van der Waals surface area contributed by atoms with Gasteiger partial charge < -0.3 is 24.8 Å². The van der Waals surface area contributed by atoms with Gasteiger partial charge in [-0.05, 0) is 42.5 Å². The quantitative estimate of drug-likeness (QED) is 0.582. The van der Waals surface area contributed by atoms with Gasteiger partial charge in [-0.2, -0.15) is 5.10 Å². The van der Waals surface area contributed by atoms with Gasteiger partial charge in [0, 0.05) is 30.1 Å². The normalized spacial score (nSPS) is 11.8. The lowest BCUT2D eigenvalue weighted by Gasteiger charge is -2.10. The molecule has 1 aliphatic heterocycles. The van der Waals surface area contributed by atoms with Gasteiger partial charge in [0.05, 0.1) is 13.2 Å². The average molecular weight is 436 g/mol. The number of fused-ring (bicyclic) bond motifs is 1. The number of methoxy groups -OCH3 is 1. The molecule has 10 nitrogen and oxygen atoms in total. The highest BCUT2D eigenvalue weighted by molar-refractivity contribution is 6.06. The molecule has 3 aromatic rings. The van der Waals surface area contributed by atoms with Crippen LogP contribution in [-0.4, -0.2) is 42.1 Å². The van der Waals surface area contributed by atoms with Crippen molar-refractivity contribution in [3.63, 3.8) is 0 Å². The van der Waals surface area contributed by atoms with Gasteiger partial charge >= 0.3 is 0 Å². The van der Waals surface area contributed by atoms with Crippen molar-refractivity contribution in [2.45, 2.75) is 6.54 Å². The van der Waals surface area contributed by atoms with E-state index in [2.05, 4.69) is 15.7 Å². The fourth-order valence-electron chi connectivity index (χ4n) is 3.02. The monoisotopic (exact) mass is 436 g/mol. The van der Waals surface area contributed by atoms with Crippen LogP contribution in [0.25, 0.3) is 0 Å². The fourth-order valence-corrected chi connectivity index (χ4v) is 3.02. The average Bonchev–Trinajstić information content (AvgIpc) is 3.26. The third-order valence-corrected chi connectivity index (χ3v) is 4.62. The predicted octanol–water partition coefficient (Wildman–Crippen LogP) is 2.12. The van der Waals surface area contributed by atoms with Gasteiger partial charge in [-0.1, -0.05) is 6.07 Å². The van der Waals surface area contributed by atoms with Crippen LogP contribution in [0.1, 0.15) is 20.8 Å². The second kappa shape index (κ2) is 9.31. The van der Waals surface area contributed by atoms with Gasteiger partial charge in [-0.25, -0.2) is 4.68 Å². The highest BCUT2D eigenvalue weighted by Crippen LogP contribution is 2.32. The number of anilines is 2. The van der Waals surface area contributed by atoms with Gasteiger partial charge in [0.2, 0.25) is 6.79 Å². The lowest BCUT2D eigenvalue weighted by molar-refractivity contribution is 0.101. The van der Waals surface area contributed by atoms with Crippen molar-refractivity contribution in [1.29, 1.82) is 0 Å². The standard InChI is InChI=1S/C22H20N4O6/c1-30-10-9-26-20(27)8-6-17(25-26)22(29)24-16-4-2-3-15(12-16)23-21(28)14-5-7-18-19(11-14)32-13-31-18/h2-8,11-12H,9-10,13H2,1H3,(H,23,28)(H,24,29). The fraction of sp³-hybridized carbons (Fsp3) is 0.182. The van der Waals surface area contributed by atoms with E-state index < -0.39 is 5.91 Å². The number of nitrogens with zero attached hydrogens (tertiary/aromatic N) is 2. The lowest BCUT2D eigenvalue weighted by atomic mass is 10.2. The summed E-state index contributed by atoms with van der Waals surface area (Å²) in [5.74, 6) is 0.278. The van der Waals surface area contributed by atoms with Gasteiger partial charge in [-0.15, -0.1) is 0 Å². The molecule has 164 valence electrons. The van der Waals surface area contributed by atoms with Crippen molar-refractivity contribution >= 4 is 23.2 Å². The van der Waals surface area contributed by atoms with E-state index in [0.29, 0.717) is 35.0 Å². The molecular formula is C22H20N4O6. The molecule has 0 radical (unpaired) electrons. The molecule has 4 rings (SSSR count). The van der Waals surface area contributed by atoms with Crippen LogP contribution in [0.2, 0.25) is 0 Å². The zero-order chi connectivity index (χ0) is 22.5. The summed E-state index contributed by atoms with van der Waals surface area (Å²) < 4.78 is 16.7. The van der Waals surface area contributed by atoms with E-state index in [-0.39, 0.29) is 30.5 Å². The summed E-state index contributed by atoms with van der Waals surface area (Å²) in [5.41, 5.74) is 1.10. The van der Waals surface area contributed by atoms with Crippen LogP contribution in [0, 0.1) is 0 Å². The molecule has 10 heteroatoms. The highest BCUT2D eigenvalue weighted by atomic mass is 16.7. The Labute approximate surface area is 182 Å². The van der Waals surface area contributed by atoms with Crippen LogP contribution in [0.15, 0.2) is 59.4 Å². The zero-order valence-electron chi connectivity index (χ0n) is 17.2. The van der Waals surface area contributed by atoms with E-state index in [1.807, 2.05) is 0 Å². The van der Waals surface area contributed by atoms with Crippen LogP contribution in [0.5, 0.6) is 11.5 Å². The number of aromatic nitrogens is 2. The number of rotatable bonds is 7. The molecule has 2 amide bonds. The molecule has 0 bridgehead atoms. The summed E-state index contributed by atoms with van der Waals surface area (Å²) in [5, 5.41) is 9.56. The maximum atomic E-state index is 12.6. The minimum Gasteiger partial charge on any atom is -0.454 e. The van der Waals surface area contributed by atoms with Gasteiger partial charge in [0.1, 0.15) is 5.69 Å². The van der Waals surface area contributed by atoms with Crippen LogP contribution < -0.4 is 25.7 Å². The van der Waals surface area contributed by atoms with E-state index >= 15 is 0 Å². The van der Waals surface area contributed by atoms with Crippen molar-refractivity contribution in [2.75, 3.05) is 31.1 Å². The van der Waals surface area contributed by atoms with E-state index in [9.17, 15) is 14.4 Å². The molecule has 1 aromatic heterocycles. The second-order valence-electron chi connectivity index (χ2n) is 6.83.